The van der Waals surface area contributed by atoms with E-state index in [4.69, 9.17) is 16.7 Å². The van der Waals surface area contributed by atoms with Crippen LogP contribution < -0.4 is 0 Å². The van der Waals surface area contributed by atoms with E-state index in [2.05, 4.69) is 29.2 Å². The number of nitrogens with one attached hydrogen (secondary N) is 1. The van der Waals surface area contributed by atoms with Crippen molar-refractivity contribution in [3.63, 3.8) is 0 Å². The largest absolute Gasteiger partial charge is 0.348 e. The van der Waals surface area contributed by atoms with Gasteiger partial charge in [-0.1, -0.05) is 24.3 Å². The molecule has 0 atom stereocenters. The monoisotopic (exact) mass is 206 g/mol. The molecule has 1 N–H and O–H groups in total. The van der Waals surface area contributed by atoms with E-state index >= 15 is 0 Å². The smallest absolute Gasteiger partial charge is 0.314 e. The number of aromatic amines is 1. The summed E-state index contributed by atoms with van der Waals surface area (Å²) in [5.41, 5.74) is 2.47. The third kappa shape index (κ3) is 1.90. The van der Waals surface area contributed by atoms with Crippen LogP contribution in [0.3, 0.4) is 0 Å². The molecule has 0 fully saturated rings. The van der Waals surface area contributed by atoms with Gasteiger partial charge in [-0.2, -0.15) is 4.98 Å². The topological polar surface area (TPSA) is 41.8 Å². The van der Waals surface area contributed by atoms with Gasteiger partial charge in [0.25, 0.3) is 0 Å². The van der Waals surface area contributed by atoms with Crippen molar-refractivity contribution in [2.75, 3.05) is 0 Å². The molecule has 0 saturated heterocycles. The van der Waals surface area contributed by atoms with Gasteiger partial charge in [0.15, 0.2) is 0 Å². The Labute approximate surface area is 86.8 Å². The fraction of sp³-hybridized carbons (Fsp3) is 0.200. The molecule has 2 aromatic rings. The first-order chi connectivity index (χ1) is 6.75. The van der Waals surface area contributed by atoms with Gasteiger partial charge in [-0.05, 0) is 30.3 Å². The molecule has 0 saturated carbocycles. The highest BCUT2D eigenvalue weighted by Crippen LogP contribution is 2.10. The van der Waals surface area contributed by atoms with Crippen molar-refractivity contribution in [1.29, 1.82) is 0 Å². The predicted octanol–water partition coefficient (Wildman–Crippen LogP) is 2.63. The second kappa shape index (κ2) is 3.75. The molecule has 2 rings (SSSR count). The summed E-state index contributed by atoms with van der Waals surface area (Å²) in [5.74, 6) is 0.768. The average molecular weight is 206 g/mol. The Balaban J connectivity index is 2.27. The normalized spacial score (nSPS) is 10.4. The molecule has 0 aliphatic heterocycles. The SMILES string of the molecule is Cc1ccccc1Cc1nc(=S)o[nH]1. The molecule has 1 heterocycles. The first kappa shape index (κ1) is 9.15. The maximum atomic E-state index is 4.86. The Hall–Kier alpha value is -1.42. The molecule has 4 heteroatoms. The van der Waals surface area contributed by atoms with Gasteiger partial charge in [0.1, 0.15) is 5.82 Å². The fourth-order valence-corrected chi connectivity index (χ4v) is 1.47. The Kier molecular flexibility index (Phi) is 2.45. The van der Waals surface area contributed by atoms with E-state index in [1.54, 1.807) is 0 Å². The van der Waals surface area contributed by atoms with E-state index in [1.165, 1.54) is 11.1 Å². The van der Waals surface area contributed by atoms with Crippen LogP contribution in [-0.2, 0) is 6.42 Å². The molecule has 72 valence electrons. The van der Waals surface area contributed by atoms with Crippen LogP contribution in [0.4, 0.5) is 0 Å². The van der Waals surface area contributed by atoms with Gasteiger partial charge < -0.3 is 4.52 Å². The minimum Gasteiger partial charge on any atom is -0.348 e. The van der Waals surface area contributed by atoms with Gasteiger partial charge in [0.2, 0.25) is 0 Å². The van der Waals surface area contributed by atoms with Crippen molar-refractivity contribution in [3.05, 3.63) is 46.1 Å². The molecule has 0 unspecified atom stereocenters. The van der Waals surface area contributed by atoms with Gasteiger partial charge in [0.05, 0.1) is 0 Å². The van der Waals surface area contributed by atoms with E-state index in [-0.39, 0.29) is 4.84 Å². The Morgan fingerprint density at radius 3 is 2.86 bits per heavy atom. The van der Waals surface area contributed by atoms with E-state index in [0.717, 1.165) is 12.2 Å². The zero-order chi connectivity index (χ0) is 9.97. The van der Waals surface area contributed by atoms with Gasteiger partial charge in [-0.3, -0.25) is 0 Å². The van der Waals surface area contributed by atoms with E-state index in [0.29, 0.717) is 0 Å². The lowest BCUT2D eigenvalue weighted by atomic mass is 10.1. The molecule has 0 spiro atoms. The van der Waals surface area contributed by atoms with E-state index in [1.807, 2.05) is 12.1 Å². The van der Waals surface area contributed by atoms with Crippen LogP contribution in [-0.4, -0.2) is 10.1 Å². The number of nitrogens with zero attached hydrogens (tertiary/aromatic N) is 1. The summed E-state index contributed by atoms with van der Waals surface area (Å²) in [6.45, 7) is 2.07. The summed E-state index contributed by atoms with van der Waals surface area (Å²) in [7, 11) is 0. The summed E-state index contributed by atoms with van der Waals surface area (Å²) >= 11 is 4.77. The number of hydrogen-bond donors (Lipinski definition) is 1. The Morgan fingerprint density at radius 1 is 1.43 bits per heavy atom. The summed E-state index contributed by atoms with van der Waals surface area (Å²) in [6, 6.07) is 8.17. The lowest BCUT2D eigenvalue weighted by Crippen LogP contribution is -1.93. The molecular weight excluding hydrogens is 196 g/mol. The van der Waals surface area contributed by atoms with Crippen molar-refractivity contribution in [1.82, 2.24) is 10.1 Å². The molecule has 0 radical (unpaired) electrons. The van der Waals surface area contributed by atoms with Crippen molar-refractivity contribution >= 4 is 12.2 Å². The molecule has 3 nitrogen and oxygen atoms in total. The maximum absolute atomic E-state index is 4.86. The lowest BCUT2D eigenvalue weighted by Gasteiger charge is -2.01. The molecule has 1 aromatic heterocycles. The quantitative estimate of drug-likeness (QED) is 0.768. The average Bonchev–Trinajstić information content (AvgIpc) is 2.56. The first-order valence-electron chi connectivity index (χ1n) is 4.34. The van der Waals surface area contributed by atoms with E-state index in [9.17, 15) is 0 Å². The number of benzene rings is 1. The third-order valence-electron chi connectivity index (χ3n) is 2.10. The summed E-state index contributed by atoms with van der Waals surface area (Å²) < 4.78 is 4.86. The molecule has 0 bridgehead atoms. The molecule has 14 heavy (non-hydrogen) atoms. The Morgan fingerprint density at radius 2 is 2.21 bits per heavy atom. The molecule has 1 aromatic carbocycles. The Bertz CT molecular complexity index is 487. The highest BCUT2D eigenvalue weighted by molar-refractivity contribution is 7.71. The van der Waals surface area contributed by atoms with Crippen LogP contribution in [0.25, 0.3) is 0 Å². The van der Waals surface area contributed by atoms with Gasteiger partial charge in [-0.15, -0.1) is 0 Å². The number of hydrogen-bond acceptors (Lipinski definition) is 3. The van der Waals surface area contributed by atoms with Crippen LogP contribution in [0, 0.1) is 11.8 Å². The highest BCUT2D eigenvalue weighted by atomic mass is 32.1. The van der Waals surface area contributed by atoms with Gasteiger partial charge in [0, 0.05) is 6.42 Å². The standard InChI is InChI=1S/C10H10N2OS/c1-7-4-2-3-5-8(7)6-9-11-10(14)13-12-9/h2-5H,6H2,1H3,(H,11,12,14). The molecular formula is C10H10N2OS. The highest BCUT2D eigenvalue weighted by Gasteiger charge is 2.02. The summed E-state index contributed by atoms with van der Waals surface area (Å²) in [4.78, 5) is 4.30. The number of rotatable bonds is 2. The van der Waals surface area contributed by atoms with Crippen LogP contribution in [0.15, 0.2) is 28.8 Å². The van der Waals surface area contributed by atoms with E-state index < -0.39 is 0 Å². The first-order valence-corrected chi connectivity index (χ1v) is 4.75. The zero-order valence-electron chi connectivity index (χ0n) is 7.78. The summed E-state index contributed by atoms with van der Waals surface area (Å²) in [6.07, 6.45) is 0.729. The molecule has 0 aliphatic rings. The minimum atomic E-state index is 0.258. The van der Waals surface area contributed by atoms with Crippen molar-refractivity contribution in [3.8, 4) is 0 Å². The molecule has 0 amide bonds. The second-order valence-corrected chi connectivity index (χ2v) is 3.48. The zero-order valence-corrected chi connectivity index (χ0v) is 8.60. The van der Waals surface area contributed by atoms with Gasteiger partial charge in [-0.25, -0.2) is 5.16 Å². The van der Waals surface area contributed by atoms with Crippen molar-refractivity contribution < 1.29 is 4.52 Å². The van der Waals surface area contributed by atoms with Crippen LogP contribution >= 0.6 is 12.2 Å². The van der Waals surface area contributed by atoms with Crippen molar-refractivity contribution in [2.45, 2.75) is 13.3 Å². The summed E-state index contributed by atoms with van der Waals surface area (Å²) in [5, 5.41) is 2.69. The minimum absolute atomic E-state index is 0.258. The van der Waals surface area contributed by atoms with Crippen LogP contribution in [0.5, 0.6) is 0 Å². The number of aromatic nitrogens is 2. The number of aryl methyl sites for hydroxylation is 1. The predicted molar refractivity (Wildman–Crippen MR) is 55.7 cm³/mol. The van der Waals surface area contributed by atoms with Crippen LogP contribution in [0.1, 0.15) is 17.0 Å². The van der Waals surface area contributed by atoms with Crippen LogP contribution in [0.2, 0.25) is 0 Å². The lowest BCUT2D eigenvalue weighted by molar-refractivity contribution is 0.399. The van der Waals surface area contributed by atoms with Gasteiger partial charge >= 0.3 is 4.84 Å². The third-order valence-corrected chi connectivity index (χ3v) is 2.28. The number of H-pyrrole nitrogens is 1. The van der Waals surface area contributed by atoms with Crippen molar-refractivity contribution in [2.24, 2.45) is 0 Å². The second-order valence-electron chi connectivity index (χ2n) is 3.13. The maximum Gasteiger partial charge on any atom is 0.314 e. The fourth-order valence-electron chi connectivity index (χ4n) is 1.32. The molecule has 0 aliphatic carbocycles.